The normalized spacial score (nSPS) is 9.91. The first-order valence-corrected chi connectivity index (χ1v) is 6.99. The average Bonchev–Trinajstić information content (AvgIpc) is 2.52. The topological polar surface area (TPSA) is 85.4 Å². The number of carbonyl (C=O) groups excluding carboxylic acids is 1. The molecule has 1 aromatic carbocycles. The zero-order chi connectivity index (χ0) is 15.8. The van der Waals surface area contributed by atoms with Gasteiger partial charge in [0.1, 0.15) is 5.75 Å². The van der Waals surface area contributed by atoms with Gasteiger partial charge in [0, 0.05) is 0 Å². The number of rotatable bonds is 6. The van der Waals surface area contributed by atoms with E-state index in [2.05, 4.69) is 20.8 Å². The van der Waals surface area contributed by atoms with Crippen LogP contribution in [-0.2, 0) is 4.74 Å². The molecule has 1 aromatic heterocycles. The second-order valence-corrected chi connectivity index (χ2v) is 4.20. The summed E-state index contributed by atoms with van der Waals surface area (Å²) in [4.78, 5) is 11.3. The Morgan fingerprint density at radius 1 is 1.05 bits per heavy atom. The predicted molar refractivity (Wildman–Crippen MR) is 83.6 cm³/mol. The maximum Gasteiger partial charge on any atom is 0.412 e. The first-order valence-electron chi connectivity index (χ1n) is 6.99. The van der Waals surface area contributed by atoms with Gasteiger partial charge in [-0.05, 0) is 38.1 Å². The molecule has 2 aromatic rings. The molecule has 0 aliphatic carbocycles. The summed E-state index contributed by atoms with van der Waals surface area (Å²) in [6, 6.07) is 10.9. The number of aromatic nitrogens is 2. The van der Waals surface area contributed by atoms with E-state index in [4.69, 9.17) is 9.47 Å². The number of nitrogens with one attached hydrogen (secondary N) is 2. The van der Waals surface area contributed by atoms with Gasteiger partial charge in [-0.15, -0.1) is 10.2 Å². The number of hydrogen-bond acceptors (Lipinski definition) is 6. The van der Waals surface area contributed by atoms with Gasteiger partial charge in [-0.2, -0.15) is 0 Å². The highest BCUT2D eigenvalue weighted by atomic mass is 16.5. The van der Waals surface area contributed by atoms with Gasteiger partial charge in [-0.3, -0.25) is 5.32 Å². The van der Waals surface area contributed by atoms with Crippen molar-refractivity contribution in [2.24, 2.45) is 0 Å². The van der Waals surface area contributed by atoms with Crippen molar-refractivity contribution in [3.63, 3.8) is 0 Å². The number of amides is 1. The summed E-state index contributed by atoms with van der Waals surface area (Å²) in [7, 11) is 0. The molecule has 0 spiro atoms. The zero-order valence-corrected chi connectivity index (χ0v) is 12.5. The van der Waals surface area contributed by atoms with Gasteiger partial charge in [-0.25, -0.2) is 4.79 Å². The second kappa shape index (κ2) is 7.82. The van der Waals surface area contributed by atoms with Crippen LogP contribution in [0.5, 0.6) is 5.75 Å². The van der Waals surface area contributed by atoms with Crippen LogP contribution in [0.25, 0.3) is 0 Å². The number of nitrogens with zero attached hydrogens (tertiary/aromatic N) is 2. The number of benzene rings is 1. The van der Waals surface area contributed by atoms with Gasteiger partial charge < -0.3 is 14.8 Å². The smallest absolute Gasteiger partial charge is 0.412 e. The zero-order valence-electron chi connectivity index (χ0n) is 12.5. The van der Waals surface area contributed by atoms with Crippen molar-refractivity contribution in [1.82, 2.24) is 10.2 Å². The van der Waals surface area contributed by atoms with Crippen LogP contribution >= 0.6 is 0 Å². The number of hydrogen-bond donors (Lipinski definition) is 2. The lowest BCUT2D eigenvalue weighted by molar-refractivity contribution is 0.168. The monoisotopic (exact) mass is 302 g/mol. The van der Waals surface area contributed by atoms with Crippen molar-refractivity contribution in [2.75, 3.05) is 23.8 Å². The molecule has 0 saturated carbocycles. The van der Waals surface area contributed by atoms with Crippen LogP contribution in [0.4, 0.5) is 22.1 Å². The van der Waals surface area contributed by atoms with Crippen LogP contribution in [0, 0.1) is 0 Å². The summed E-state index contributed by atoms with van der Waals surface area (Å²) in [5.74, 6) is 1.60. The third-order valence-corrected chi connectivity index (χ3v) is 2.62. The van der Waals surface area contributed by atoms with Crippen molar-refractivity contribution in [2.45, 2.75) is 13.8 Å². The summed E-state index contributed by atoms with van der Waals surface area (Å²) < 4.78 is 10.3. The Balaban J connectivity index is 2.04. The Bertz CT molecular complexity index is 616. The summed E-state index contributed by atoms with van der Waals surface area (Å²) in [5, 5.41) is 13.5. The van der Waals surface area contributed by atoms with Crippen molar-refractivity contribution < 1.29 is 14.3 Å². The molecule has 0 radical (unpaired) electrons. The fourth-order valence-corrected chi connectivity index (χ4v) is 1.73. The molecule has 0 unspecified atom stereocenters. The average molecular weight is 302 g/mol. The first-order chi connectivity index (χ1) is 10.7. The molecule has 0 saturated heterocycles. The van der Waals surface area contributed by atoms with Crippen LogP contribution in [0.2, 0.25) is 0 Å². The van der Waals surface area contributed by atoms with E-state index >= 15 is 0 Å². The lowest BCUT2D eigenvalue weighted by Gasteiger charge is -2.11. The van der Waals surface area contributed by atoms with Crippen molar-refractivity contribution in [3.05, 3.63) is 36.4 Å². The Morgan fingerprint density at radius 3 is 2.45 bits per heavy atom. The molecular weight excluding hydrogens is 284 g/mol. The van der Waals surface area contributed by atoms with Crippen molar-refractivity contribution in [3.8, 4) is 5.75 Å². The van der Waals surface area contributed by atoms with Crippen molar-refractivity contribution >= 4 is 23.4 Å². The SMILES string of the molecule is CCOC(=O)Nc1ccc(Nc2ccccc2OCC)nn1. The molecule has 7 nitrogen and oxygen atoms in total. The third kappa shape index (κ3) is 4.34. The molecule has 116 valence electrons. The van der Waals surface area contributed by atoms with E-state index in [1.54, 1.807) is 19.1 Å². The Labute approximate surface area is 128 Å². The highest BCUT2D eigenvalue weighted by Gasteiger charge is 2.06. The Kier molecular flexibility index (Phi) is 5.53. The lowest BCUT2D eigenvalue weighted by atomic mass is 10.3. The standard InChI is InChI=1S/C15H18N4O3/c1-3-21-12-8-6-5-7-11(12)16-13-9-10-14(19-18-13)17-15(20)22-4-2/h5-10H,3-4H2,1-2H3,(H,16,18)(H,17,19,20). The van der Waals surface area contributed by atoms with E-state index in [-0.39, 0.29) is 0 Å². The largest absolute Gasteiger partial charge is 0.492 e. The van der Waals surface area contributed by atoms with Crippen LogP contribution in [-0.4, -0.2) is 29.5 Å². The van der Waals surface area contributed by atoms with E-state index in [0.29, 0.717) is 24.8 Å². The maximum atomic E-state index is 11.3. The minimum atomic E-state index is -0.556. The lowest BCUT2D eigenvalue weighted by Crippen LogP contribution is -2.14. The summed E-state index contributed by atoms with van der Waals surface area (Å²) in [6.45, 7) is 4.53. The number of ether oxygens (including phenoxy) is 2. The fourth-order valence-electron chi connectivity index (χ4n) is 1.73. The van der Waals surface area contributed by atoms with Crippen LogP contribution in [0.15, 0.2) is 36.4 Å². The molecular formula is C15H18N4O3. The number of anilines is 3. The molecule has 1 heterocycles. The molecule has 0 aliphatic rings. The van der Waals surface area contributed by atoms with Crippen molar-refractivity contribution in [1.29, 1.82) is 0 Å². The van der Waals surface area contributed by atoms with Gasteiger partial charge in [0.05, 0.1) is 18.9 Å². The second-order valence-electron chi connectivity index (χ2n) is 4.20. The number of para-hydroxylation sites is 2. The van der Waals surface area contributed by atoms with Gasteiger partial charge in [0.2, 0.25) is 0 Å². The maximum absolute atomic E-state index is 11.3. The number of carbonyl (C=O) groups is 1. The Hall–Kier alpha value is -2.83. The van der Waals surface area contributed by atoms with E-state index in [1.165, 1.54) is 0 Å². The first kappa shape index (κ1) is 15.6. The van der Waals surface area contributed by atoms with Gasteiger partial charge in [-0.1, -0.05) is 12.1 Å². The quantitative estimate of drug-likeness (QED) is 0.852. The summed E-state index contributed by atoms with van der Waals surface area (Å²) >= 11 is 0. The molecule has 2 rings (SSSR count). The van der Waals surface area contributed by atoms with E-state index in [1.807, 2.05) is 31.2 Å². The van der Waals surface area contributed by atoms with Crippen LogP contribution in [0.1, 0.15) is 13.8 Å². The molecule has 0 fully saturated rings. The summed E-state index contributed by atoms with van der Waals surface area (Å²) in [6.07, 6.45) is -0.556. The summed E-state index contributed by atoms with van der Waals surface area (Å²) in [5.41, 5.74) is 0.796. The van der Waals surface area contributed by atoms with Crippen LogP contribution < -0.4 is 15.4 Å². The third-order valence-electron chi connectivity index (χ3n) is 2.62. The van der Waals surface area contributed by atoms with E-state index in [0.717, 1.165) is 11.4 Å². The van der Waals surface area contributed by atoms with Crippen LogP contribution in [0.3, 0.4) is 0 Å². The fraction of sp³-hybridized carbons (Fsp3) is 0.267. The van der Waals surface area contributed by atoms with Gasteiger partial charge >= 0.3 is 6.09 Å². The molecule has 7 heteroatoms. The molecule has 0 bridgehead atoms. The molecule has 2 N–H and O–H groups in total. The molecule has 0 aliphatic heterocycles. The molecule has 22 heavy (non-hydrogen) atoms. The minimum Gasteiger partial charge on any atom is -0.492 e. The minimum absolute atomic E-state index is 0.299. The van der Waals surface area contributed by atoms with E-state index < -0.39 is 6.09 Å². The molecule has 1 amide bonds. The highest BCUT2D eigenvalue weighted by Crippen LogP contribution is 2.26. The predicted octanol–water partition coefficient (Wildman–Crippen LogP) is 3.19. The highest BCUT2D eigenvalue weighted by molar-refractivity contribution is 5.83. The van der Waals surface area contributed by atoms with E-state index in [9.17, 15) is 4.79 Å². The van der Waals surface area contributed by atoms with Gasteiger partial charge in [0.15, 0.2) is 11.6 Å². The molecule has 0 atom stereocenters. The van der Waals surface area contributed by atoms with Gasteiger partial charge in [0.25, 0.3) is 0 Å². The Morgan fingerprint density at radius 2 is 1.77 bits per heavy atom.